The number of ether oxygens (including phenoxy) is 1. The SMILES string of the molecule is CCS(=O)(=O)CCNS(=O)(=O)C1CCCC1C(=O)OC. The Morgan fingerprint density at radius 1 is 1.25 bits per heavy atom. The van der Waals surface area contributed by atoms with Gasteiger partial charge in [-0.3, -0.25) is 4.79 Å². The molecule has 2 unspecified atom stereocenters. The summed E-state index contributed by atoms with van der Waals surface area (Å²) in [6.07, 6.45) is 1.50. The summed E-state index contributed by atoms with van der Waals surface area (Å²) in [5.74, 6) is -1.46. The average Bonchev–Trinajstić information content (AvgIpc) is 2.87. The summed E-state index contributed by atoms with van der Waals surface area (Å²) in [4.78, 5) is 11.5. The predicted octanol–water partition coefficient (Wildman–Crippen LogP) is -0.318. The fraction of sp³-hybridized carbons (Fsp3) is 0.909. The van der Waals surface area contributed by atoms with Gasteiger partial charge in [0.05, 0.1) is 24.0 Å². The van der Waals surface area contributed by atoms with Crippen LogP contribution in [0.4, 0.5) is 0 Å². The first-order chi connectivity index (χ1) is 9.23. The van der Waals surface area contributed by atoms with Crippen molar-refractivity contribution in [3.63, 3.8) is 0 Å². The number of carbonyl (C=O) groups is 1. The molecule has 1 aliphatic rings. The van der Waals surface area contributed by atoms with Gasteiger partial charge in [0.15, 0.2) is 9.84 Å². The molecule has 118 valence electrons. The van der Waals surface area contributed by atoms with E-state index in [2.05, 4.69) is 9.46 Å². The van der Waals surface area contributed by atoms with Gasteiger partial charge in [-0.1, -0.05) is 13.3 Å². The van der Waals surface area contributed by atoms with Crippen LogP contribution >= 0.6 is 0 Å². The minimum Gasteiger partial charge on any atom is -0.469 e. The molecule has 0 bridgehead atoms. The number of carbonyl (C=O) groups excluding carboxylic acids is 1. The number of hydrogen-bond acceptors (Lipinski definition) is 6. The maximum Gasteiger partial charge on any atom is 0.310 e. The van der Waals surface area contributed by atoms with Gasteiger partial charge in [-0.2, -0.15) is 0 Å². The van der Waals surface area contributed by atoms with Crippen LogP contribution in [0.5, 0.6) is 0 Å². The molecule has 0 amide bonds. The van der Waals surface area contributed by atoms with Crippen LogP contribution in [0.15, 0.2) is 0 Å². The van der Waals surface area contributed by atoms with E-state index in [0.29, 0.717) is 19.3 Å². The molecule has 7 nitrogen and oxygen atoms in total. The summed E-state index contributed by atoms with van der Waals surface area (Å²) < 4.78 is 53.8. The average molecular weight is 327 g/mol. The second-order valence-electron chi connectivity index (χ2n) is 4.77. The van der Waals surface area contributed by atoms with Crippen LogP contribution in [0.1, 0.15) is 26.2 Å². The standard InChI is InChI=1S/C11H21NO6S2/c1-3-19(14,15)8-7-12-20(16,17)10-6-4-5-9(10)11(13)18-2/h9-10,12H,3-8H2,1-2H3. The lowest BCUT2D eigenvalue weighted by atomic mass is 10.1. The van der Waals surface area contributed by atoms with Gasteiger partial charge in [-0.05, 0) is 12.8 Å². The number of sulfonamides is 1. The molecule has 1 aliphatic carbocycles. The van der Waals surface area contributed by atoms with Crippen molar-refractivity contribution in [1.29, 1.82) is 0 Å². The summed E-state index contributed by atoms with van der Waals surface area (Å²) in [5.41, 5.74) is 0. The molecule has 1 saturated carbocycles. The molecule has 0 aromatic carbocycles. The van der Waals surface area contributed by atoms with Crippen LogP contribution in [-0.4, -0.2) is 53.2 Å². The molecule has 0 aromatic rings. The van der Waals surface area contributed by atoms with Crippen molar-refractivity contribution >= 4 is 25.8 Å². The molecule has 2 atom stereocenters. The van der Waals surface area contributed by atoms with Crippen molar-refractivity contribution in [3.05, 3.63) is 0 Å². The normalized spacial score (nSPS) is 23.7. The first-order valence-corrected chi connectivity index (χ1v) is 9.87. The summed E-state index contributed by atoms with van der Waals surface area (Å²) in [6, 6.07) is 0. The second kappa shape index (κ2) is 6.86. The largest absolute Gasteiger partial charge is 0.469 e. The number of esters is 1. The van der Waals surface area contributed by atoms with Crippen LogP contribution in [0.2, 0.25) is 0 Å². The molecule has 20 heavy (non-hydrogen) atoms. The van der Waals surface area contributed by atoms with Gasteiger partial charge in [0.25, 0.3) is 0 Å². The van der Waals surface area contributed by atoms with E-state index in [1.165, 1.54) is 14.0 Å². The number of nitrogens with one attached hydrogen (secondary N) is 1. The van der Waals surface area contributed by atoms with Gasteiger partial charge in [-0.15, -0.1) is 0 Å². The minimum absolute atomic E-state index is 0.0249. The van der Waals surface area contributed by atoms with Crippen molar-refractivity contribution in [2.75, 3.05) is 25.2 Å². The zero-order valence-electron chi connectivity index (χ0n) is 11.7. The van der Waals surface area contributed by atoms with E-state index in [0.717, 1.165) is 0 Å². The van der Waals surface area contributed by atoms with E-state index in [1.54, 1.807) is 0 Å². The molecule has 0 saturated heterocycles. The van der Waals surface area contributed by atoms with Crippen LogP contribution in [0, 0.1) is 5.92 Å². The topological polar surface area (TPSA) is 107 Å². The maximum absolute atomic E-state index is 12.1. The van der Waals surface area contributed by atoms with Gasteiger partial charge in [0.2, 0.25) is 10.0 Å². The monoisotopic (exact) mass is 327 g/mol. The van der Waals surface area contributed by atoms with E-state index in [1.807, 2.05) is 0 Å². The van der Waals surface area contributed by atoms with Crippen molar-refractivity contribution < 1.29 is 26.4 Å². The highest BCUT2D eigenvalue weighted by Gasteiger charge is 2.42. The lowest BCUT2D eigenvalue weighted by Gasteiger charge is -2.18. The van der Waals surface area contributed by atoms with Crippen LogP contribution in [0.25, 0.3) is 0 Å². The molecule has 0 aromatic heterocycles. The Labute approximate surface area is 120 Å². The van der Waals surface area contributed by atoms with E-state index in [9.17, 15) is 21.6 Å². The molecule has 0 spiro atoms. The van der Waals surface area contributed by atoms with Crippen LogP contribution < -0.4 is 4.72 Å². The van der Waals surface area contributed by atoms with E-state index in [-0.39, 0.29) is 18.1 Å². The third-order valence-electron chi connectivity index (χ3n) is 3.51. The molecule has 1 N–H and O–H groups in total. The molecular formula is C11H21NO6S2. The Bertz CT molecular complexity index is 539. The quantitative estimate of drug-likeness (QED) is 0.642. The Balaban J connectivity index is 2.67. The Kier molecular flexibility index (Phi) is 5.96. The van der Waals surface area contributed by atoms with E-state index < -0.39 is 37.0 Å². The second-order valence-corrected chi connectivity index (χ2v) is 9.23. The number of methoxy groups -OCH3 is 1. The fourth-order valence-corrected chi connectivity index (χ4v) is 4.90. The lowest BCUT2D eigenvalue weighted by molar-refractivity contribution is -0.145. The van der Waals surface area contributed by atoms with Gasteiger partial charge in [0, 0.05) is 12.3 Å². The van der Waals surface area contributed by atoms with Crippen LogP contribution in [0.3, 0.4) is 0 Å². The molecule has 0 radical (unpaired) electrons. The lowest BCUT2D eigenvalue weighted by Crippen LogP contribution is -2.41. The molecular weight excluding hydrogens is 306 g/mol. The highest BCUT2D eigenvalue weighted by molar-refractivity contribution is 7.91. The Morgan fingerprint density at radius 3 is 2.45 bits per heavy atom. The Hall–Kier alpha value is -0.670. The van der Waals surface area contributed by atoms with E-state index in [4.69, 9.17) is 0 Å². The van der Waals surface area contributed by atoms with Gasteiger partial charge in [-0.25, -0.2) is 21.6 Å². The Morgan fingerprint density at radius 2 is 1.90 bits per heavy atom. The first kappa shape index (κ1) is 17.4. The minimum atomic E-state index is -3.71. The summed E-state index contributed by atoms with van der Waals surface area (Å²) in [7, 11) is -5.70. The summed E-state index contributed by atoms with van der Waals surface area (Å²) in [5, 5.41) is -0.834. The fourth-order valence-electron chi connectivity index (χ4n) is 2.31. The molecule has 9 heteroatoms. The zero-order valence-corrected chi connectivity index (χ0v) is 13.3. The number of hydrogen-bond donors (Lipinski definition) is 1. The summed E-state index contributed by atoms with van der Waals surface area (Å²) >= 11 is 0. The molecule has 1 fully saturated rings. The highest BCUT2D eigenvalue weighted by Crippen LogP contribution is 2.31. The van der Waals surface area contributed by atoms with Crippen LogP contribution in [-0.2, 0) is 29.4 Å². The third-order valence-corrected chi connectivity index (χ3v) is 7.18. The zero-order chi connectivity index (χ0) is 15.4. The molecule has 1 rings (SSSR count). The highest BCUT2D eigenvalue weighted by atomic mass is 32.2. The smallest absolute Gasteiger partial charge is 0.310 e. The van der Waals surface area contributed by atoms with E-state index >= 15 is 0 Å². The predicted molar refractivity (Wildman–Crippen MR) is 74.4 cm³/mol. The summed E-state index contributed by atoms with van der Waals surface area (Å²) in [6.45, 7) is 1.34. The van der Waals surface area contributed by atoms with Crippen molar-refractivity contribution in [1.82, 2.24) is 4.72 Å². The van der Waals surface area contributed by atoms with Gasteiger partial charge in [0.1, 0.15) is 0 Å². The maximum atomic E-state index is 12.1. The molecule has 0 aliphatic heterocycles. The third kappa shape index (κ3) is 4.42. The van der Waals surface area contributed by atoms with Crippen molar-refractivity contribution in [3.8, 4) is 0 Å². The number of rotatable bonds is 7. The van der Waals surface area contributed by atoms with Gasteiger partial charge >= 0.3 is 5.97 Å². The van der Waals surface area contributed by atoms with Crippen molar-refractivity contribution in [2.24, 2.45) is 5.92 Å². The number of sulfone groups is 1. The van der Waals surface area contributed by atoms with Crippen molar-refractivity contribution in [2.45, 2.75) is 31.4 Å². The molecule has 0 heterocycles. The van der Waals surface area contributed by atoms with Gasteiger partial charge < -0.3 is 4.74 Å². The first-order valence-electron chi connectivity index (χ1n) is 6.50.